The first-order chi connectivity index (χ1) is 22.2. The molecule has 1 saturated heterocycles. The zero-order chi connectivity index (χ0) is 32.6. The van der Waals surface area contributed by atoms with Gasteiger partial charge in [0.1, 0.15) is 35.7 Å². The van der Waals surface area contributed by atoms with Crippen molar-refractivity contribution in [2.24, 2.45) is 7.05 Å². The number of carbonyl (C=O) groups is 5. The van der Waals surface area contributed by atoms with E-state index in [0.29, 0.717) is 31.0 Å². The summed E-state index contributed by atoms with van der Waals surface area (Å²) >= 11 is 0. The van der Waals surface area contributed by atoms with Crippen LogP contribution >= 0.6 is 0 Å². The molecule has 1 aromatic heterocycles. The Hall–Kier alpha value is -5.20. The standard InChI is InChI=1S/C33H39N7O6/c1-21-30(42)38-25(31(43)35-19-28-34-14-16-39(28)2)17-23-10-12-24(13-11-23)46-20-29(41)37-26(18-22-7-4-3-5-8-22)33(45)40-15-6-9-27(40)32(44)36-21/h3-5,7-8,10-14,16,21,25-27H,6,9,15,17-20H2,1-2H3,(H,35,43)(H,36,44)(H,37,41)(H,38,42)/t21-,25-,26+,27+/m0/s1. The predicted octanol–water partition coefficient (Wildman–Crippen LogP) is 0.379. The van der Waals surface area contributed by atoms with Gasteiger partial charge in [-0.05, 0) is 43.0 Å². The minimum absolute atomic E-state index is 0.158. The monoisotopic (exact) mass is 629 g/mol. The molecule has 0 radical (unpaired) electrons. The van der Waals surface area contributed by atoms with Crippen LogP contribution in [0.1, 0.15) is 36.7 Å². The summed E-state index contributed by atoms with van der Waals surface area (Å²) in [6.07, 6.45) is 4.78. The largest absolute Gasteiger partial charge is 0.484 e. The van der Waals surface area contributed by atoms with Crippen LogP contribution in [0.5, 0.6) is 5.75 Å². The predicted molar refractivity (Wildman–Crippen MR) is 167 cm³/mol. The summed E-state index contributed by atoms with van der Waals surface area (Å²) in [5.41, 5.74) is 1.58. The summed E-state index contributed by atoms with van der Waals surface area (Å²) in [6.45, 7) is 1.70. The van der Waals surface area contributed by atoms with Gasteiger partial charge in [-0.1, -0.05) is 42.5 Å². The van der Waals surface area contributed by atoms with E-state index < -0.39 is 53.7 Å². The molecule has 4 N–H and O–H groups in total. The van der Waals surface area contributed by atoms with Crippen molar-refractivity contribution >= 4 is 29.5 Å². The Morgan fingerprint density at radius 2 is 1.76 bits per heavy atom. The topological polar surface area (TPSA) is 164 Å². The Morgan fingerprint density at radius 1 is 1.00 bits per heavy atom. The van der Waals surface area contributed by atoms with Gasteiger partial charge in [-0.15, -0.1) is 0 Å². The quantitative estimate of drug-likeness (QED) is 0.317. The summed E-state index contributed by atoms with van der Waals surface area (Å²) in [7, 11) is 1.81. The van der Waals surface area contributed by atoms with Crippen molar-refractivity contribution in [1.82, 2.24) is 35.7 Å². The molecule has 0 saturated carbocycles. The third-order valence-corrected chi connectivity index (χ3v) is 8.21. The lowest BCUT2D eigenvalue weighted by atomic mass is 10.0. The van der Waals surface area contributed by atoms with Crippen molar-refractivity contribution in [3.63, 3.8) is 0 Å². The molecule has 3 aliphatic rings. The highest BCUT2D eigenvalue weighted by molar-refractivity contribution is 5.96. The molecule has 6 rings (SSSR count). The van der Waals surface area contributed by atoms with E-state index in [2.05, 4.69) is 26.3 Å². The van der Waals surface area contributed by atoms with Crippen molar-refractivity contribution in [2.75, 3.05) is 13.2 Å². The van der Waals surface area contributed by atoms with Gasteiger partial charge in [0.15, 0.2) is 6.61 Å². The fraction of sp³-hybridized carbons (Fsp3) is 0.394. The Balaban J connectivity index is 1.38. The normalized spacial score (nSPS) is 22.8. The molecule has 3 aromatic rings. The summed E-state index contributed by atoms with van der Waals surface area (Å²) < 4.78 is 7.49. The number of benzene rings is 2. The molecule has 13 heteroatoms. The zero-order valence-corrected chi connectivity index (χ0v) is 25.9. The molecule has 0 spiro atoms. The molecule has 242 valence electrons. The zero-order valence-electron chi connectivity index (χ0n) is 25.9. The third kappa shape index (κ3) is 8.09. The van der Waals surface area contributed by atoms with E-state index in [1.807, 2.05) is 37.4 Å². The third-order valence-electron chi connectivity index (χ3n) is 8.21. The van der Waals surface area contributed by atoms with Crippen LogP contribution in [0.3, 0.4) is 0 Å². The number of aryl methyl sites for hydroxylation is 1. The van der Waals surface area contributed by atoms with Crippen LogP contribution in [0.15, 0.2) is 67.0 Å². The van der Waals surface area contributed by atoms with Gasteiger partial charge in [-0.3, -0.25) is 24.0 Å². The number of carbonyl (C=O) groups excluding carboxylic acids is 5. The summed E-state index contributed by atoms with van der Waals surface area (Å²) in [6, 6.07) is 12.4. The summed E-state index contributed by atoms with van der Waals surface area (Å²) in [5.74, 6) is -1.26. The van der Waals surface area contributed by atoms with Crippen LogP contribution in [0, 0.1) is 0 Å². The van der Waals surface area contributed by atoms with E-state index in [4.69, 9.17) is 4.74 Å². The average Bonchev–Trinajstić information content (AvgIpc) is 3.71. The maximum absolute atomic E-state index is 13.8. The molecule has 2 bridgehead atoms. The fourth-order valence-electron chi connectivity index (χ4n) is 5.63. The van der Waals surface area contributed by atoms with Gasteiger partial charge in [0, 0.05) is 38.8 Å². The number of amides is 5. The second-order valence-corrected chi connectivity index (χ2v) is 11.6. The first-order valence-corrected chi connectivity index (χ1v) is 15.4. The van der Waals surface area contributed by atoms with Crippen LogP contribution in [0.4, 0.5) is 0 Å². The van der Waals surface area contributed by atoms with Crippen LogP contribution in [-0.2, 0) is 50.4 Å². The molecule has 4 heterocycles. The minimum Gasteiger partial charge on any atom is -0.484 e. The van der Waals surface area contributed by atoms with Crippen molar-refractivity contribution in [2.45, 2.75) is 63.3 Å². The van der Waals surface area contributed by atoms with E-state index >= 15 is 0 Å². The Labute approximate surface area is 267 Å². The number of rotatable bonds is 5. The number of ether oxygens (including phenoxy) is 1. The van der Waals surface area contributed by atoms with Gasteiger partial charge < -0.3 is 35.5 Å². The lowest BCUT2D eigenvalue weighted by Gasteiger charge is -2.29. The van der Waals surface area contributed by atoms with Crippen molar-refractivity contribution in [1.29, 1.82) is 0 Å². The Bertz CT molecular complexity index is 1560. The Morgan fingerprint density at radius 3 is 2.48 bits per heavy atom. The summed E-state index contributed by atoms with van der Waals surface area (Å²) in [4.78, 5) is 72.6. The number of hydrogen-bond donors (Lipinski definition) is 4. The first kappa shape index (κ1) is 32.2. The fourth-order valence-corrected chi connectivity index (χ4v) is 5.63. The van der Waals surface area contributed by atoms with E-state index in [1.165, 1.54) is 11.8 Å². The van der Waals surface area contributed by atoms with Crippen molar-refractivity contribution in [3.05, 3.63) is 83.9 Å². The van der Waals surface area contributed by atoms with Crippen LogP contribution in [-0.4, -0.2) is 81.3 Å². The van der Waals surface area contributed by atoms with Gasteiger partial charge in [0.2, 0.25) is 23.6 Å². The van der Waals surface area contributed by atoms with Crippen LogP contribution < -0.4 is 26.0 Å². The van der Waals surface area contributed by atoms with Gasteiger partial charge in [-0.2, -0.15) is 0 Å². The van der Waals surface area contributed by atoms with E-state index in [-0.39, 0.29) is 26.0 Å². The molecule has 0 unspecified atom stereocenters. The molecular weight excluding hydrogens is 590 g/mol. The van der Waals surface area contributed by atoms with E-state index in [1.54, 1.807) is 41.2 Å². The van der Waals surface area contributed by atoms with Crippen molar-refractivity contribution < 1.29 is 28.7 Å². The smallest absolute Gasteiger partial charge is 0.258 e. The molecule has 1 fully saturated rings. The number of hydrogen-bond acceptors (Lipinski definition) is 7. The second-order valence-electron chi connectivity index (χ2n) is 11.6. The van der Waals surface area contributed by atoms with Crippen LogP contribution in [0.25, 0.3) is 0 Å². The van der Waals surface area contributed by atoms with E-state index in [0.717, 1.165) is 11.1 Å². The highest BCUT2D eigenvalue weighted by Gasteiger charge is 2.38. The number of aromatic nitrogens is 2. The molecule has 13 nitrogen and oxygen atoms in total. The van der Waals surface area contributed by atoms with E-state index in [9.17, 15) is 24.0 Å². The van der Waals surface area contributed by atoms with Crippen molar-refractivity contribution in [3.8, 4) is 5.75 Å². The molecular formula is C33H39N7O6. The minimum atomic E-state index is -0.993. The Kier molecular flexibility index (Phi) is 10.3. The van der Waals surface area contributed by atoms with Gasteiger partial charge in [0.25, 0.3) is 5.91 Å². The SMILES string of the molecule is C[C@@H]1NC(=O)[C@H]2CCCN2C(=O)[C@@H](Cc2ccccc2)NC(=O)COc2ccc(cc2)C[C@@H](C(=O)NCc2nccn2C)NC1=O. The molecule has 46 heavy (non-hydrogen) atoms. The number of nitrogens with zero attached hydrogens (tertiary/aromatic N) is 3. The highest BCUT2D eigenvalue weighted by atomic mass is 16.5. The van der Waals surface area contributed by atoms with Crippen LogP contribution in [0.2, 0.25) is 0 Å². The van der Waals surface area contributed by atoms with Gasteiger partial charge in [-0.25, -0.2) is 4.98 Å². The maximum atomic E-state index is 13.8. The second kappa shape index (κ2) is 14.7. The van der Waals surface area contributed by atoms with Gasteiger partial charge in [0.05, 0.1) is 6.54 Å². The molecule has 3 aliphatic heterocycles. The molecule has 2 aromatic carbocycles. The number of imidazole rings is 1. The number of fused-ring (bicyclic) bond motifs is 13. The molecule has 0 aliphatic carbocycles. The molecule has 4 atom stereocenters. The average molecular weight is 630 g/mol. The lowest BCUT2D eigenvalue weighted by molar-refractivity contribution is -0.142. The van der Waals surface area contributed by atoms with Gasteiger partial charge >= 0.3 is 0 Å². The first-order valence-electron chi connectivity index (χ1n) is 15.4. The molecule has 5 amide bonds. The maximum Gasteiger partial charge on any atom is 0.258 e. The highest BCUT2D eigenvalue weighted by Crippen LogP contribution is 2.20. The number of nitrogens with one attached hydrogen (secondary N) is 4. The summed E-state index contributed by atoms with van der Waals surface area (Å²) in [5, 5.41) is 11.1. The lowest BCUT2D eigenvalue weighted by Crippen LogP contribution is -2.57.